The Labute approximate surface area is 206 Å². The molecule has 18 N–H and O–H groups in total. The van der Waals surface area contributed by atoms with E-state index in [0.717, 1.165) is 0 Å². The minimum atomic E-state index is -4.25. The molecule has 8 atom stereocenters. The summed E-state index contributed by atoms with van der Waals surface area (Å²) in [5.41, 5.74) is 9.89. The van der Waals surface area contributed by atoms with Crippen LogP contribution in [0.1, 0.15) is 12.8 Å². The normalized spacial score (nSPS) is 19.8. The molecule has 0 rings (SSSR count). The first kappa shape index (κ1) is 38.0. The zero-order valence-electron chi connectivity index (χ0n) is 19.2. The number of hydrogen-bond donors (Lipinski definition) is 16. The molecule has 20 heteroatoms. The minimum Gasteiger partial charge on any atom is -0.394 e. The van der Waals surface area contributed by atoms with E-state index in [1.165, 1.54) is 0 Å². The smallest absolute Gasteiger partial charge is 0.326 e. The summed E-state index contributed by atoms with van der Waals surface area (Å²) in [6.45, 7) is -2.05. The lowest BCUT2D eigenvalue weighted by Crippen LogP contribution is -2.57. The van der Waals surface area contributed by atoms with E-state index in [1.54, 1.807) is 0 Å². The molecule has 0 aromatic rings. The number of hydrogen-bond acceptors (Lipinski definition) is 14. The van der Waals surface area contributed by atoms with Crippen molar-refractivity contribution < 1.29 is 79.8 Å². The van der Waals surface area contributed by atoms with Crippen LogP contribution in [0.25, 0.3) is 0 Å². The Balaban J connectivity index is 0. The summed E-state index contributed by atoms with van der Waals surface area (Å²) in [6, 6.07) is 0. The SMILES string of the molecule is NCC(N)(C[C@H](O)[C@@H](O)[C@H](O)[C@H](O)CO)C[C@H](O)[C@@H](O)[C@H](O)[C@H](O)CO.O=P(O)(O)CCP(=O)(O)O. The van der Waals surface area contributed by atoms with Crippen molar-refractivity contribution >= 4 is 15.2 Å². The van der Waals surface area contributed by atoms with E-state index in [-0.39, 0.29) is 6.54 Å². The highest BCUT2D eigenvalue weighted by Gasteiger charge is 2.39. The quantitative estimate of drug-likeness (QED) is 0.0756. The van der Waals surface area contributed by atoms with E-state index in [2.05, 4.69) is 0 Å². The molecule has 0 spiro atoms. The van der Waals surface area contributed by atoms with Crippen LogP contribution in [0.4, 0.5) is 0 Å². The van der Waals surface area contributed by atoms with Crippen LogP contribution in [0.5, 0.6) is 0 Å². The monoisotopic (exact) mass is 578 g/mol. The molecule has 0 saturated heterocycles. The summed E-state index contributed by atoms with van der Waals surface area (Å²) in [5.74, 6) is 0. The van der Waals surface area contributed by atoms with Crippen molar-refractivity contribution in [2.24, 2.45) is 11.5 Å². The zero-order valence-corrected chi connectivity index (χ0v) is 21.0. The van der Waals surface area contributed by atoms with Gasteiger partial charge in [-0.3, -0.25) is 9.13 Å². The third-order valence-electron chi connectivity index (χ3n) is 4.97. The molecule has 0 fully saturated rings. The van der Waals surface area contributed by atoms with E-state index in [1.807, 2.05) is 0 Å². The average molecular weight is 578 g/mol. The Kier molecular flexibility index (Phi) is 17.6. The third-order valence-corrected chi connectivity index (χ3v) is 6.94. The summed E-state index contributed by atoms with van der Waals surface area (Å²) < 4.78 is 20.1. The Bertz CT molecular complexity index is 641. The number of rotatable bonds is 16. The fourth-order valence-corrected chi connectivity index (χ4v) is 4.80. The van der Waals surface area contributed by atoms with Crippen LogP contribution in [0.3, 0.4) is 0 Å². The second kappa shape index (κ2) is 16.7. The first-order valence-electron chi connectivity index (χ1n) is 10.4. The number of aliphatic hydroxyl groups is 10. The maximum atomic E-state index is 10.0. The van der Waals surface area contributed by atoms with Crippen molar-refractivity contribution in [3.63, 3.8) is 0 Å². The molecule has 0 aliphatic heterocycles. The van der Waals surface area contributed by atoms with Crippen LogP contribution in [0.2, 0.25) is 0 Å². The first-order valence-corrected chi connectivity index (χ1v) is 14.0. The summed E-state index contributed by atoms with van der Waals surface area (Å²) in [6.07, 6.45) is -16.8. The first-order chi connectivity index (χ1) is 16.1. The minimum absolute atomic E-state index is 0.335. The van der Waals surface area contributed by atoms with Gasteiger partial charge < -0.3 is 82.1 Å². The van der Waals surface area contributed by atoms with Gasteiger partial charge in [0.1, 0.15) is 36.6 Å². The molecule has 0 aromatic heterocycles. The largest absolute Gasteiger partial charge is 0.394 e. The summed E-state index contributed by atoms with van der Waals surface area (Å²) in [7, 11) is -8.51. The molecule has 220 valence electrons. The fraction of sp³-hybridized carbons (Fsp3) is 1.00. The van der Waals surface area contributed by atoms with Gasteiger partial charge in [0.25, 0.3) is 0 Å². The van der Waals surface area contributed by atoms with Crippen LogP contribution in [-0.4, -0.2) is 157 Å². The highest BCUT2D eigenvalue weighted by atomic mass is 31.2. The topological polar surface area (TPSA) is 369 Å². The highest BCUT2D eigenvalue weighted by molar-refractivity contribution is 7.56. The maximum absolute atomic E-state index is 10.0. The van der Waals surface area contributed by atoms with Crippen molar-refractivity contribution in [1.82, 2.24) is 0 Å². The predicted octanol–water partition coefficient (Wildman–Crippen LogP) is -7.36. The van der Waals surface area contributed by atoms with E-state index in [0.29, 0.717) is 0 Å². The number of nitrogens with two attached hydrogens (primary N) is 2. The molecule has 0 aromatic carbocycles. The van der Waals surface area contributed by atoms with E-state index in [4.69, 9.17) is 41.3 Å². The lowest BCUT2D eigenvalue weighted by molar-refractivity contribution is -0.128. The van der Waals surface area contributed by atoms with Crippen LogP contribution in [0.15, 0.2) is 0 Å². The van der Waals surface area contributed by atoms with Gasteiger partial charge in [-0.15, -0.1) is 0 Å². The molecular weight excluding hydrogens is 538 g/mol. The molecule has 0 saturated carbocycles. The highest BCUT2D eigenvalue weighted by Crippen LogP contribution is 2.42. The molecule has 0 radical (unpaired) electrons. The van der Waals surface area contributed by atoms with Gasteiger partial charge >= 0.3 is 15.2 Å². The molecule has 0 aliphatic rings. The van der Waals surface area contributed by atoms with Gasteiger partial charge in [0.05, 0.1) is 37.7 Å². The van der Waals surface area contributed by atoms with Crippen molar-refractivity contribution in [3.05, 3.63) is 0 Å². The number of aliphatic hydroxyl groups excluding tert-OH is 10. The van der Waals surface area contributed by atoms with Crippen LogP contribution in [-0.2, 0) is 9.13 Å². The molecule has 0 unspecified atom stereocenters. The molecule has 0 aliphatic carbocycles. The fourth-order valence-electron chi connectivity index (χ4n) is 2.71. The van der Waals surface area contributed by atoms with Gasteiger partial charge in [0.15, 0.2) is 0 Å². The molecule has 0 heterocycles. The van der Waals surface area contributed by atoms with E-state index >= 15 is 0 Å². The summed E-state index contributed by atoms with van der Waals surface area (Å²) in [5, 5.41) is 94.8. The second-order valence-electron chi connectivity index (χ2n) is 8.35. The van der Waals surface area contributed by atoms with Gasteiger partial charge in [-0.2, -0.15) is 0 Å². The third kappa shape index (κ3) is 15.9. The summed E-state index contributed by atoms with van der Waals surface area (Å²) in [4.78, 5) is 32.6. The zero-order chi connectivity index (χ0) is 29.1. The lowest BCUT2D eigenvalue weighted by atomic mass is 9.82. The Hall–Kier alpha value is -0.180. The van der Waals surface area contributed by atoms with E-state index < -0.39 is 108 Å². The molecule has 18 nitrogen and oxygen atoms in total. The van der Waals surface area contributed by atoms with E-state index in [9.17, 15) is 50.0 Å². The molecular formula is C16H40N2O16P2. The van der Waals surface area contributed by atoms with Crippen molar-refractivity contribution in [2.75, 3.05) is 32.1 Å². The lowest BCUT2D eigenvalue weighted by Gasteiger charge is -2.36. The predicted molar refractivity (Wildman–Crippen MR) is 121 cm³/mol. The van der Waals surface area contributed by atoms with Gasteiger partial charge in [-0.1, -0.05) is 0 Å². The molecule has 0 bridgehead atoms. The Morgan fingerprint density at radius 1 is 0.583 bits per heavy atom. The Morgan fingerprint density at radius 2 is 0.833 bits per heavy atom. The van der Waals surface area contributed by atoms with Crippen molar-refractivity contribution in [3.8, 4) is 0 Å². The maximum Gasteiger partial charge on any atom is 0.326 e. The van der Waals surface area contributed by atoms with Crippen LogP contribution >= 0.6 is 15.2 Å². The summed E-state index contributed by atoms with van der Waals surface area (Å²) >= 11 is 0. The van der Waals surface area contributed by atoms with Crippen LogP contribution in [0, 0.1) is 0 Å². The molecule has 0 amide bonds. The van der Waals surface area contributed by atoms with Crippen LogP contribution < -0.4 is 11.5 Å². The second-order valence-corrected chi connectivity index (χ2v) is 11.9. The average Bonchev–Trinajstić information content (AvgIpc) is 2.78. The van der Waals surface area contributed by atoms with Gasteiger partial charge in [0.2, 0.25) is 0 Å². The Morgan fingerprint density at radius 3 is 1.03 bits per heavy atom. The van der Waals surface area contributed by atoms with Crippen molar-refractivity contribution in [2.45, 2.75) is 67.2 Å². The van der Waals surface area contributed by atoms with Crippen molar-refractivity contribution in [1.29, 1.82) is 0 Å². The molecule has 36 heavy (non-hydrogen) atoms. The van der Waals surface area contributed by atoms with Gasteiger partial charge in [0, 0.05) is 12.1 Å². The standard InChI is InChI=1S/C14H32N2O10.C2H8O6P2/c15-5-14(16,1-6(19)10(23)12(25)8(21)3-17)2-7(20)11(24)13(26)9(22)4-18;3-9(4,5)1-2-10(6,7)8/h6-13,17-26H,1-5,15-16H2;1-2H2,(H2,3,4,5)(H2,6,7,8)/t6-,7-,8+,9+,10+,11+,12+,13+;/m0./s1. The van der Waals surface area contributed by atoms with Gasteiger partial charge in [-0.25, -0.2) is 0 Å². The van der Waals surface area contributed by atoms with Gasteiger partial charge in [-0.05, 0) is 12.8 Å².